The molecule has 2 rings (SSSR count). The summed E-state index contributed by atoms with van der Waals surface area (Å²) in [6.45, 7) is -0.349. The third-order valence-electron chi connectivity index (χ3n) is 3.63. The van der Waals surface area contributed by atoms with Crippen molar-refractivity contribution < 1.29 is 28.9 Å². The minimum Gasteiger partial charge on any atom is -0.481 e. The van der Waals surface area contributed by atoms with Crippen LogP contribution < -0.4 is 5.32 Å². The smallest absolute Gasteiger partial charge is 0.305 e. The molecule has 1 aliphatic rings. The third kappa shape index (κ3) is 4.02. The van der Waals surface area contributed by atoms with Crippen molar-refractivity contribution in [2.75, 3.05) is 6.61 Å². The summed E-state index contributed by atoms with van der Waals surface area (Å²) in [7, 11) is 0. The van der Waals surface area contributed by atoms with Crippen LogP contribution in [0.15, 0.2) is 24.3 Å². The molecule has 0 aromatic heterocycles. The van der Waals surface area contributed by atoms with Gasteiger partial charge in [-0.25, -0.2) is 4.39 Å². The molecule has 0 spiro atoms. The number of halogens is 1. The second-order valence-corrected chi connectivity index (χ2v) is 5.21. The Morgan fingerprint density at radius 2 is 2.05 bits per heavy atom. The van der Waals surface area contributed by atoms with Crippen LogP contribution in [0.2, 0.25) is 0 Å². The molecular formula is C15H18FNO5. The fourth-order valence-corrected chi connectivity index (χ4v) is 2.53. The van der Waals surface area contributed by atoms with E-state index < -0.39 is 35.9 Å². The van der Waals surface area contributed by atoms with Crippen molar-refractivity contribution in [3.8, 4) is 0 Å². The third-order valence-corrected chi connectivity index (χ3v) is 3.63. The van der Waals surface area contributed by atoms with Crippen molar-refractivity contribution in [2.24, 2.45) is 0 Å². The van der Waals surface area contributed by atoms with Gasteiger partial charge in [0.05, 0.1) is 30.7 Å². The molecule has 1 aromatic carbocycles. The molecule has 0 unspecified atom stereocenters. The summed E-state index contributed by atoms with van der Waals surface area (Å²) in [6, 6.07) is 5.13. The largest absolute Gasteiger partial charge is 0.481 e. The fraction of sp³-hybridized carbons (Fsp3) is 0.467. The summed E-state index contributed by atoms with van der Waals surface area (Å²) in [6.07, 6.45) is -0.427. The highest BCUT2D eigenvalue weighted by Crippen LogP contribution is 2.22. The van der Waals surface area contributed by atoms with Crippen molar-refractivity contribution in [3.63, 3.8) is 0 Å². The van der Waals surface area contributed by atoms with Gasteiger partial charge in [0.1, 0.15) is 11.9 Å². The second-order valence-electron chi connectivity index (χ2n) is 5.21. The quantitative estimate of drug-likeness (QED) is 0.752. The number of carboxylic acids is 1. The Balaban J connectivity index is 1.99. The van der Waals surface area contributed by atoms with Crippen molar-refractivity contribution >= 4 is 11.9 Å². The van der Waals surface area contributed by atoms with Crippen LogP contribution in [-0.2, 0) is 9.53 Å². The maximum absolute atomic E-state index is 13.6. The molecule has 0 aliphatic carbocycles. The number of aliphatic hydroxyl groups excluding tert-OH is 1. The molecule has 1 fully saturated rings. The van der Waals surface area contributed by atoms with E-state index >= 15 is 0 Å². The van der Waals surface area contributed by atoms with Gasteiger partial charge in [0.2, 0.25) is 0 Å². The molecule has 0 radical (unpaired) electrons. The van der Waals surface area contributed by atoms with Crippen LogP contribution in [0.1, 0.15) is 29.6 Å². The topological polar surface area (TPSA) is 95.9 Å². The second kappa shape index (κ2) is 7.33. The average molecular weight is 311 g/mol. The first-order valence-electron chi connectivity index (χ1n) is 7.04. The number of ether oxygens (including phenoxy) is 1. The molecule has 7 heteroatoms. The monoisotopic (exact) mass is 311 g/mol. The van der Waals surface area contributed by atoms with E-state index in [0.29, 0.717) is 12.8 Å². The van der Waals surface area contributed by atoms with Crippen molar-refractivity contribution in [1.82, 2.24) is 5.32 Å². The number of benzene rings is 1. The number of carboxylic acid groups (broad SMARTS) is 1. The number of rotatable bonds is 5. The summed E-state index contributed by atoms with van der Waals surface area (Å²) in [5.74, 6) is -2.18. The highest BCUT2D eigenvalue weighted by molar-refractivity contribution is 5.94. The first-order valence-corrected chi connectivity index (χ1v) is 7.04. The molecule has 1 aromatic rings. The first-order chi connectivity index (χ1) is 10.5. The molecule has 120 valence electrons. The van der Waals surface area contributed by atoms with Gasteiger partial charge in [-0.2, -0.15) is 0 Å². The summed E-state index contributed by atoms with van der Waals surface area (Å²) in [5, 5.41) is 20.8. The molecule has 0 bridgehead atoms. The van der Waals surface area contributed by atoms with E-state index in [1.165, 1.54) is 18.2 Å². The molecule has 1 saturated heterocycles. The summed E-state index contributed by atoms with van der Waals surface area (Å²) in [5.41, 5.74) is -0.0770. The molecule has 1 amide bonds. The van der Waals surface area contributed by atoms with Crippen LogP contribution in [0.4, 0.5) is 4.39 Å². The maximum Gasteiger partial charge on any atom is 0.305 e. The molecule has 22 heavy (non-hydrogen) atoms. The van der Waals surface area contributed by atoms with E-state index in [2.05, 4.69) is 5.32 Å². The zero-order valence-corrected chi connectivity index (χ0v) is 11.9. The summed E-state index contributed by atoms with van der Waals surface area (Å²) in [4.78, 5) is 22.8. The fourth-order valence-electron chi connectivity index (χ4n) is 2.53. The Morgan fingerprint density at radius 3 is 2.68 bits per heavy atom. The molecule has 1 aliphatic heterocycles. The van der Waals surface area contributed by atoms with Gasteiger partial charge in [0.25, 0.3) is 5.91 Å². The minimum atomic E-state index is -0.976. The number of hydrogen-bond acceptors (Lipinski definition) is 4. The lowest BCUT2D eigenvalue weighted by atomic mass is 9.96. The maximum atomic E-state index is 13.6. The zero-order valence-electron chi connectivity index (χ0n) is 11.9. The Labute approximate surface area is 126 Å². The molecule has 3 atom stereocenters. The van der Waals surface area contributed by atoms with E-state index in [4.69, 9.17) is 9.84 Å². The van der Waals surface area contributed by atoms with Crippen LogP contribution in [-0.4, -0.2) is 46.9 Å². The van der Waals surface area contributed by atoms with Crippen LogP contribution in [0.5, 0.6) is 0 Å². The number of carbonyl (C=O) groups excluding carboxylic acids is 1. The first kappa shape index (κ1) is 16.4. The lowest BCUT2D eigenvalue weighted by molar-refractivity contribution is -0.145. The Morgan fingerprint density at radius 1 is 1.32 bits per heavy atom. The molecule has 3 N–H and O–H groups in total. The van der Waals surface area contributed by atoms with Gasteiger partial charge in [-0.3, -0.25) is 9.59 Å². The Hall–Kier alpha value is -1.99. The predicted octanol–water partition coefficient (Wildman–Crippen LogP) is 0.939. The van der Waals surface area contributed by atoms with Crippen LogP contribution in [0.25, 0.3) is 0 Å². The molecule has 6 nitrogen and oxygen atoms in total. The van der Waals surface area contributed by atoms with E-state index in [9.17, 15) is 19.1 Å². The number of nitrogens with one attached hydrogen (secondary N) is 1. The number of hydrogen-bond donors (Lipinski definition) is 3. The van der Waals surface area contributed by atoms with E-state index in [1.807, 2.05) is 0 Å². The van der Waals surface area contributed by atoms with Crippen molar-refractivity contribution in [3.05, 3.63) is 35.6 Å². The standard InChI is InChI=1S/C15H18FNO5/c16-11-4-2-1-3-10(11)15(21)17-12-6-5-9(7-14(19)20)22-13(12)8-18/h1-4,9,12-13,18H,5-8H2,(H,17,21)(H,19,20)/t9-,12+,13-/m0/s1. The zero-order chi connectivity index (χ0) is 16.1. The van der Waals surface area contributed by atoms with Gasteiger partial charge in [-0.15, -0.1) is 0 Å². The molecule has 0 saturated carbocycles. The predicted molar refractivity (Wildman–Crippen MR) is 74.9 cm³/mol. The van der Waals surface area contributed by atoms with Gasteiger partial charge in [-0.1, -0.05) is 12.1 Å². The highest BCUT2D eigenvalue weighted by Gasteiger charge is 2.33. The number of aliphatic hydroxyl groups is 1. The lowest BCUT2D eigenvalue weighted by Gasteiger charge is -2.35. The molecular weight excluding hydrogens is 293 g/mol. The Bertz CT molecular complexity index is 550. The lowest BCUT2D eigenvalue weighted by Crippen LogP contribution is -2.51. The number of amides is 1. The van der Waals surface area contributed by atoms with Crippen LogP contribution in [0.3, 0.4) is 0 Å². The SMILES string of the molecule is O=C(O)C[C@@H]1CC[C@@H](NC(=O)c2ccccc2F)[C@H](CO)O1. The Kier molecular flexibility index (Phi) is 5.46. The summed E-state index contributed by atoms with van der Waals surface area (Å²) >= 11 is 0. The minimum absolute atomic E-state index is 0.0770. The van der Waals surface area contributed by atoms with Crippen LogP contribution >= 0.6 is 0 Å². The van der Waals surface area contributed by atoms with Gasteiger partial charge in [-0.05, 0) is 25.0 Å². The van der Waals surface area contributed by atoms with Gasteiger partial charge in [0, 0.05) is 0 Å². The van der Waals surface area contributed by atoms with E-state index in [-0.39, 0.29) is 18.6 Å². The average Bonchev–Trinajstić information content (AvgIpc) is 2.48. The van der Waals surface area contributed by atoms with Gasteiger partial charge >= 0.3 is 5.97 Å². The van der Waals surface area contributed by atoms with Gasteiger partial charge < -0.3 is 20.3 Å². The van der Waals surface area contributed by atoms with E-state index in [1.54, 1.807) is 6.07 Å². The normalized spacial score (nSPS) is 24.7. The van der Waals surface area contributed by atoms with Gasteiger partial charge in [0.15, 0.2) is 0 Å². The highest BCUT2D eigenvalue weighted by atomic mass is 19.1. The van der Waals surface area contributed by atoms with Crippen molar-refractivity contribution in [1.29, 1.82) is 0 Å². The number of aliphatic carboxylic acids is 1. The summed E-state index contributed by atoms with van der Waals surface area (Å²) < 4.78 is 19.1. The molecule has 1 heterocycles. The van der Waals surface area contributed by atoms with Crippen LogP contribution in [0, 0.1) is 5.82 Å². The van der Waals surface area contributed by atoms with E-state index in [0.717, 1.165) is 0 Å². The van der Waals surface area contributed by atoms with Crippen molar-refractivity contribution in [2.45, 2.75) is 37.5 Å². The number of carbonyl (C=O) groups is 2.